The Morgan fingerprint density at radius 2 is 2.08 bits per heavy atom. The molecule has 0 spiro atoms. The van der Waals surface area contributed by atoms with Crippen LogP contribution >= 0.6 is 11.6 Å². The second-order valence-corrected chi connectivity index (χ2v) is 3.11. The third-order valence-corrected chi connectivity index (χ3v) is 2.22. The van der Waals surface area contributed by atoms with Crippen molar-refractivity contribution in [1.29, 1.82) is 0 Å². The van der Waals surface area contributed by atoms with Crippen molar-refractivity contribution in [2.75, 3.05) is 12.4 Å². The van der Waals surface area contributed by atoms with E-state index in [0.29, 0.717) is 19.4 Å². The number of halogens is 1. The van der Waals surface area contributed by atoms with Crippen LogP contribution in [0.25, 0.3) is 0 Å². The third kappa shape index (κ3) is 3.38. The lowest BCUT2D eigenvalue weighted by molar-refractivity contribution is -0.142. The van der Waals surface area contributed by atoms with Crippen LogP contribution in [0.15, 0.2) is 0 Å². The lowest BCUT2D eigenvalue weighted by Gasteiger charge is -2.21. The largest absolute Gasteiger partial charge is 0.480 e. The van der Waals surface area contributed by atoms with Gasteiger partial charge in [0.05, 0.1) is 5.88 Å². The van der Waals surface area contributed by atoms with Crippen LogP contribution in [-0.2, 0) is 4.79 Å². The Kier molecular flexibility index (Phi) is 5.20. The van der Waals surface area contributed by atoms with E-state index < -0.39 is 11.5 Å². The number of unbranched alkanes of at least 4 members (excludes halogenated alkanes) is 1. The third-order valence-electron chi connectivity index (χ3n) is 1.74. The average Bonchev–Trinajstić information content (AvgIpc) is 2.04. The van der Waals surface area contributed by atoms with Crippen LogP contribution in [0.2, 0.25) is 0 Å². The molecule has 5 heteroatoms. The van der Waals surface area contributed by atoms with Crippen LogP contribution in [0, 0.1) is 0 Å². The van der Waals surface area contributed by atoms with Crippen molar-refractivity contribution in [1.82, 2.24) is 0 Å². The summed E-state index contributed by atoms with van der Waals surface area (Å²) in [5.74, 6) is -1.11. The van der Waals surface area contributed by atoms with Crippen molar-refractivity contribution in [2.45, 2.75) is 24.8 Å². The summed E-state index contributed by atoms with van der Waals surface area (Å²) in [5, 5.41) is 8.69. The molecular weight excluding hydrogens is 180 g/mol. The van der Waals surface area contributed by atoms with Gasteiger partial charge in [0.15, 0.2) is 0 Å². The van der Waals surface area contributed by atoms with Gasteiger partial charge in [-0.05, 0) is 25.8 Å². The number of hydrogen-bond donors (Lipinski definition) is 3. The summed E-state index contributed by atoms with van der Waals surface area (Å²) >= 11 is 5.45. The Bertz CT molecular complexity index is 154. The number of carboxylic acids is 1. The molecule has 0 saturated carbocycles. The van der Waals surface area contributed by atoms with Gasteiger partial charge in [0.2, 0.25) is 0 Å². The molecular formula is C7H15ClN2O2. The van der Waals surface area contributed by atoms with E-state index in [1.54, 1.807) is 0 Å². The van der Waals surface area contributed by atoms with E-state index in [-0.39, 0.29) is 5.88 Å². The molecule has 4 nitrogen and oxygen atoms in total. The minimum Gasteiger partial charge on any atom is -0.480 e. The maximum atomic E-state index is 10.6. The second-order valence-electron chi connectivity index (χ2n) is 2.84. The maximum Gasteiger partial charge on any atom is 0.324 e. The summed E-state index contributed by atoms with van der Waals surface area (Å²) in [4.78, 5) is 10.6. The van der Waals surface area contributed by atoms with Crippen molar-refractivity contribution in [2.24, 2.45) is 11.5 Å². The predicted molar refractivity (Wildman–Crippen MR) is 48.2 cm³/mol. The first-order chi connectivity index (χ1) is 5.56. The summed E-state index contributed by atoms with van der Waals surface area (Å²) < 4.78 is 0. The average molecular weight is 195 g/mol. The fourth-order valence-electron chi connectivity index (χ4n) is 0.816. The highest BCUT2D eigenvalue weighted by Gasteiger charge is 2.31. The van der Waals surface area contributed by atoms with Crippen LogP contribution in [0.1, 0.15) is 19.3 Å². The SMILES string of the molecule is NCCCCC(N)(CCl)C(=O)O. The molecule has 0 bridgehead atoms. The van der Waals surface area contributed by atoms with E-state index in [2.05, 4.69) is 0 Å². The van der Waals surface area contributed by atoms with E-state index >= 15 is 0 Å². The van der Waals surface area contributed by atoms with Gasteiger partial charge < -0.3 is 16.6 Å². The van der Waals surface area contributed by atoms with Gasteiger partial charge in [0, 0.05) is 0 Å². The van der Waals surface area contributed by atoms with Crippen LogP contribution in [-0.4, -0.2) is 29.0 Å². The first kappa shape index (κ1) is 11.7. The zero-order valence-electron chi connectivity index (χ0n) is 6.92. The Morgan fingerprint density at radius 1 is 1.50 bits per heavy atom. The number of rotatable bonds is 6. The monoisotopic (exact) mass is 194 g/mol. The summed E-state index contributed by atoms with van der Waals surface area (Å²) in [5.41, 5.74) is 9.48. The molecule has 0 aliphatic heterocycles. The Balaban J connectivity index is 3.88. The van der Waals surface area contributed by atoms with Gasteiger partial charge in [-0.2, -0.15) is 0 Å². The topological polar surface area (TPSA) is 89.3 Å². The first-order valence-corrected chi connectivity index (χ1v) is 4.38. The normalized spacial score (nSPS) is 15.6. The molecule has 0 aromatic rings. The van der Waals surface area contributed by atoms with Crippen LogP contribution in [0.4, 0.5) is 0 Å². The molecule has 0 aliphatic carbocycles. The fraction of sp³-hybridized carbons (Fsp3) is 0.857. The molecule has 0 rings (SSSR count). The predicted octanol–water partition coefficient (Wildman–Crippen LogP) is 0.136. The zero-order valence-corrected chi connectivity index (χ0v) is 7.68. The van der Waals surface area contributed by atoms with Crippen LogP contribution in [0.3, 0.4) is 0 Å². The first-order valence-electron chi connectivity index (χ1n) is 3.85. The van der Waals surface area contributed by atoms with Gasteiger partial charge in [-0.25, -0.2) is 0 Å². The van der Waals surface area contributed by atoms with Gasteiger partial charge in [0.25, 0.3) is 0 Å². The number of carbonyl (C=O) groups is 1. The van der Waals surface area contributed by atoms with E-state index in [9.17, 15) is 4.79 Å². The minimum absolute atomic E-state index is 0.0626. The number of carboxylic acid groups (broad SMARTS) is 1. The molecule has 0 saturated heterocycles. The van der Waals surface area contributed by atoms with Crippen molar-refractivity contribution in [3.63, 3.8) is 0 Å². The van der Waals surface area contributed by atoms with Gasteiger partial charge >= 0.3 is 5.97 Å². The lowest BCUT2D eigenvalue weighted by atomic mass is 9.96. The summed E-state index contributed by atoms with van der Waals surface area (Å²) in [7, 11) is 0. The number of hydrogen-bond acceptors (Lipinski definition) is 3. The molecule has 1 atom stereocenters. The molecule has 12 heavy (non-hydrogen) atoms. The van der Waals surface area contributed by atoms with E-state index in [0.717, 1.165) is 6.42 Å². The minimum atomic E-state index is -1.28. The lowest BCUT2D eigenvalue weighted by Crippen LogP contribution is -2.49. The highest BCUT2D eigenvalue weighted by Crippen LogP contribution is 2.13. The molecule has 0 amide bonds. The Morgan fingerprint density at radius 3 is 2.42 bits per heavy atom. The quantitative estimate of drug-likeness (QED) is 0.415. The van der Waals surface area contributed by atoms with Crippen LogP contribution < -0.4 is 11.5 Å². The number of nitrogens with two attached hydrogens (primary N) is 2. The molecule has 1 unspecified atom stereocenters. The highest BCUT2D eigenvalue weighted by molar-refractivity contribution is 6.20. The summed E-state index contributed by atoms with van der Waals surface area (Å²) in [6, 6.07) is 0. The van der Waals surface area contributed by atoms with E-state index in [4.69, 9.17) is 28.2 Å². The second kappa shape index (κ2) is 5.35. The Labute approximate surface area is 76.9 Å². The molecule has 0 radical (unpaired) electrons. The molecule has 0 fully saturated rings. The van der Waals surface area contributed by atoms with Crippen molar-refractivity contribution in [3.8, 4) is 0 Å². The molecule has 0 aromatic heterocycles. The molecule has 0 aromatic carbocycles. The van der Waals surface area contributed by atoms with Gasteiger partial charge in [-0.3, -0.25) is 4.79 Å². The fourth-order valence-corrected chi connectivity index (χ4v) is 1.06. The molecule has 0 aliphatic rings. The molecule has 0 heterocycles. The highest BCUT2D eigenvalue weighted by atomic mass is 35.5. The van der Waals surface area contributed by atoms with Crippen molar-refractivity contribution >= 4 is 17.6 Å². The maximum absolute atomic E-state index is 10.6. The summed E-state index contributed by atoms with van der Waals surface area (Å²) in [6.07, 6.45) is 1.86. The van der Waals surface area contributed by atoms with Gasteiger partial charge in [-0.15, -0.1) is 11.6 Å². The Hall–Kier alpha value is -0.320. The van der Waals surface area contributed by atoms with Crippen LogP contribution in [0.5, 0.6) is 0 Å². The summed E-state index contributed by atoms with van der Waals surface area (Å²) in [6.45, 7) is 0.554. The molecule has 5 N–H and O–H groups in total. The van der Waals surface area contributed by atoms with E-state index in [1.165, 1.54) is 0 Å². The van der Waals surface area contributed by atoms with Gasteiger partial charge in [-0.1, -0.05) is 0 Å². The van der Waals surface area contributed by atoms with Crippen molar-refractivity contribution < 1.29 is 9.90 Å². The smallest absolute Gasteiger partial charge is 0.324 e. The zero-order chi connectivity index (χ0) is 9.61. The van der Waals surface area contributed by atoms with Crippen molar-refractivity contribution in [3.05, 3.63) is 0 Å². The standard InChI is InChI=1S/C7H15ClN2O2/c8-5-7(10,6(11)12)3-1-2-4-9/h1-5,9-10H2,(H,11,12). The van der Waals surface area contributed by atoms with Gasteiger partial charge in [0.1, 0.15) is 5.54 Å². The molecule has 72 valence electrons. The number of alkyl halides is 1. The van der Waals surface area contributed by atoms with E-state index in [1.807, 2.05) is 0 Å². The number of aliphatic carboxylic acids is 1.